The van der Waals surface area contributed by atoms with E-state index in [1.54, 1.807) is 19.5 Å². The molecule has 2 rings (SSSR count). The molecule has 0 spiro atoms. The molecule has 0 unspecified atom stereocenters. The first-order chi connectivity index (χ1) is 7.44. The van der Waals surface area contributed by atoms with Gasteiger partial charge in [0.2, 0.25) is 0 Å². The summed E-state index contributed by atoms with van der Waals surface area (Å²) >= 11 is 0.267. The maximum atomic E-state index is 2.38. The van der Waals surface area contributed by atoms with Crippen LogP contribution in [0.5, 0.6) is 0 Å². The fourth-order valence-corrected chi connectivity index (χ4v) is 5.08. The van der Waals surface area contributed by atoms with Gasteiger partial charge in [0.25, 0.3) is 0 Å². The van der Waals surface area contributed by atoms with E-state index in [1.807, 2.05) is 0 Å². The third kappa shape index (κ3) is 1.80. The Balaban J connectivity index is 2.29. The van der Waals surface area contributed by atoms with Crippen molar-refractivity contribution in [1.82, 2.24) is 0 Å². The summed E-state index contributed by atoms with van der Waals surface area (Å²) in [6, 6.07) is 0. The van der Waals surface area contributed by atoms with Crippen LogP contribution in [0.4, 0.5) is 0 Å². The van der Waals surface area contributed by atoms with Crippen LogP contribution in [0, 0.1) is 5.41 Å². The van der Waals surface area contributed by atoms with Gasteiger partial charge in [-0.25, -0.2) is 0 Å². The Labute approximate surface area is 107 Å². The molecule has 0 bridgehead atoms. The Kier molecular flexibility index (Phi) is 3.10. The second-order valence-corrected chi connectivity index (χ2v) is 7.54. The van der Waals surface area contributed by atoms with Crippen molar-refractivity contribution in [2.75, 3.05) is 0 Å². The van der Waals surface area contributed by atoms with Gasteiger partial charge in [-0.3, -0.25) is 0 Å². The molecule has 0 amide bonds. The molecule has 88 valence electrons. The van der Waals surface area contributed by atoms with E-state index in [0.717, 1.165) is 0 Å². The molecule has 0 heterocycles. The number of hydrogen-bond donors (Lipinski definition) is 0. The van der Waals surface area contributed by atoms with Crippen molar-refractivity contribution >= 4 is 0 Å². The van der Waals surface area contributed by atoms with Gasteiger partial charge < -0.3 is 0 Å². The van der Waals surface area contributed by atoms with Crippen molar-refractivity contribution in [3.8, 4) is 0 Å². The number of allylic oxidation sites excluding steroid dienone is 8. The Bertz CT molecular complexity index is 442. The van der Waals surface area contributed by atoms with E-state index in [1.165, 1.54) is 12.0 Å². The summed E-state index contributed by atoms with van der Waals surface area (Å²) in [7, 11) is 0. The Morgan fingerprint density at radius 1 is 1.12 bits per heavy atom. The molecule has 16 heavy (non-hydrogen) atoms. The molecule has 0 aromatic rings. The van der Waals surface area contributed by atoms with E-state index in [9.17, 15) is 0 Å². The summed E-state index contributed by atoms with van der Waals surface area (Å²) in [5, 5.41) is 0. The normalized spacial score (nSPS) is 23.7. The molecule has 0 aliphatic heterocycles. The first kappa shape index (κ1) is 12.1. The zero-order chi connectivity index (χ0) is 11.9. The van der Waals surface area contributed by atoms with E-state index >= 15 is 0 Å². The Hall–Kier alpha value is -0.417. The van der Waals surface area contributed by atoms with E-state index < -0.39 is 0 Å². The number of hydrogen-bond acceptors (Lipinski definition) is 0. The van der Waals surface area contributed by atoms with Crippen LogP contribution in [0.25, 0.3) is 0 Å². The van der Waals surface area contributed by atoms with Crippen LogP contribution in [-0.4, -0.2) is 0 Å². The third-order valence-corrected chi connectivity index (χ3v) is 7.21. The Morgan fingerprint density at radius 3 is 2.25 bits per heavy atom. The second kappa shape index (κ2) is 4.11. The summed E-state index contributed by atoms with van der Waals surface area (Å²) in [6.45, 7) is 11.7. The van der Waals surface area contributed by atoms with E-state index in [0.29, 0.717) is 5.41 Å². The minimum absolute atomic E-state index is 0.267. The average Bonchev–Trinajstić information content (AvgIpc) is 2.78. The summed E-state index contributed by atoms with van der Waals surface area (Å²) in [5.41, 5.74) is 4.96. The van der Waals surface area contributed by atoms with Gasteiger partial charge >= 0.3 is 107 Å². The van der Waals surface area contributed by atoms with Gasteiger partial charge in [0.1, 0.15) is 0 Å². The standard InChI is InChI=1S/C10H15.C5H5.Ru/c1-7-6-10(4,5)9(3)8(7)2;1-2-4-5-3-1;/h1-5H3;1-3H,4H2;. The van der Waals surface area contributed by atoms with Crippen LogP contribution in [0.3, 0.4) is 0 Å². The van der Waals surface area contributed by atoms with Crippen LogP contribution >= 0.6 is 0 Å². The fraction of sp³-hybridized carbons (Fsp3) is 0.467. The van der Waals surface area contributed by atoms with Crippen molar-refractivity contribution < 1.29 is 17.1 Å². The van der Waals surface area contributed by atoms with Crippen LogP contribution in [0.15, 0.2) is 43.3 Å². The van der Waals surface area contributed by atoms with E-state index in [2.05, 4.69) is 52.8 Å². The van der Waals surface area contributed by atoms with Crippen molar-refractivity contribution in [2.45, 2.75) is 41.0 Å². The molecule has 0 aromatic carbocycles. The van der Waals surface area contributed by atoms with Gasteiger partial charge in [0, 0.05) is 0 Å². The molecule has 0 nitrogen and oxygen atoms in total. The minimum atomic E-state index is 0.267. The molecule has 1 heteroatoms. The Morgan fingerprint density at radius 2 is 1.81 bits per heavy atom. The van der Waals surface area contributed by atoms with Gasteiger partial charge in [-0.15, -0.1) is 0 Å². The first-order valence-corrected chi connectivity index (χ1v) is 7.56. The van der Waals surface area contributed by atoms with Crippen molar-refractivity contribution in [3.63, 3.8) is 0 Å². The second-order valence-electron chi connectivity index (χ2n) is 5.12. The van der Waals surface area contributed by atoms with E-state index in [-0.39, 0.29) is 17.1 Å². The quantitative estimate of drug-likeness (QED) is 0.656. The monoisotopic (exact) mass is 302 g/mol. The predicted octanol–water partition coefficient (Wildman–Crippen LogP) is 4.56. The molecule has 0 radical (unpaired) electrons. The topological polar surface area (TPSA) is 0 Å². The molecular weight excluding hydrogens is 281 g/mol. The molecule has 0 fully saturated rings. The summed E-state index contributed by atoms with van der Waals surface area (Å²) in [5.74, 6) is 0. The maximum absolute atomic E-state index is 2.38. The first-order valence-electron chi connectivity index (χ1n) is 5.82. The molecule has 2 aliphatic carbocycles. The molecule has 2 aliphatic rings. The number of rotatable bonds is 2. The summed E-state index contributed by atoms with van der Waals surface area (Å²) in [4.78, 5) is 0. The molecular formula is C15H20Ru. The van der Waals surface area contributed by atoms with Crippen LogP contribution in [0.2, 0.25) is 0 Å². The molecule has 0 aromatic heterocycles. The van der Waals surface area contributed by atoms with Crippen molar-refractivity contribution in [3.05, 3.63) is 43.3 Å². The average molecular weight is 301 g/mol. The van der Waals surface area contributed by atoms with Gasteiger partial charge in [-0.05, 0) is 0 Å². The van der Waals surface area contributed by atoms with Gasteiger partial charge in [0.05, 0.1) is 0 Å². The molecule has 0 N–H and O–H groups in total. The van der Waals surface area contributed by atoms with Crippen LogP contribution < -0.4 is 0 Å². The fourth-order valence-electron chi connectivity index (χ4n) is 2.31. The molecule has 0 saturated carbocycles. The summed E-state index contributed by atoms with van der Waals surface area (Å²) < 4.78 is 3.36. The van der Waals surface area contributed by atoms with Crippen molar-refractivity contribution in [1.29, 1.82) is 0 Å². The molecule has 0 atom stereocenters. The zero-order valence-corrected chi connectivity index (χ0v) is 12.5. The van der Waals surface area contributed by atoms with Crippen molar-refractivity contribution in [2.24, 2.45) is 5.41 Å². The van der Waals surface area contributed by atoms with Crippen LogP contribution in [0.1, 0.15) is 41.0 Å². The third-order valence-electron chi connectivity index (χ3n) is 3.83. The SMILES string of the molecule is CC1=C(C)C(C)(C)[C]([Ru][C]2=CC=CC2)=C1C. The van der Waals surface area contributed by atoms with Gasteiger partial charge in [-0.1, -0.05) is 0 Å². The van der Waals surface area contributed by atoms with Gasteiger partial charge in [-0.2, -0.15) is 0 Å². The van der Waals surface area contributed by atoms with Gasteiger partial charge in [0.15, 0.2) is 0 Å². The zero-order valence-electron chi connectivity index (χ0n) is 10.8. The predicted molar refractivity (Wildman–Crippen MR) is 66.7 cm³/mol. The van der Waals surface area contributed by atoms with Crippen LogP contribution in [-0.2, 0) is 17.1 Å². The summed E-state index contributed by atoms with van der Waals surface area (Å²) in [6.07, 6.45) is 7.98. The molecule has 0 saturated heterocycles. The van der Waals surface area contributed by atoms with E-state index in [4.69, 9.17) is 0 Å².